The number of rotatable bonds is 6. The van der Waals surface area contributed by atoms with Crippen LogP contribution >= 0.6 is 0 Å². The minimum Gasteiger partial charge on any atom is -0.493 e. The molecule has 3 aromatic rings. The van der Waals surface area contributed by atoms with Gasteiger partial charge in [0.2, 0.25) is 5.56 Å². The molecule has 0 atom stereocenters. The molecule has 28 heavy (non-hydrogen) atoms. The molecule has 0 saturated carbocycles. The molecule has 1 N–H and O–H groups in total. The van der Waals surface area contributed by atoms with Gasteiger partial charge in [-0.1, -0.05) is 24.3 Å². The fourth-order valence-electron chi connectivity index (χ4n) is 2.94. The Morgan fingerprint density at radius 2 is 1.89 bits per heavy atom. The number of hydrogen-bond donors (Lipinski definition) is 1. The highest BCUT2D eigenvalue weighted by atomic mass is 19.3. The molecule has 0 radical (unpaired) electrons. The van der Waals surface area contributed by atoms with Crippen LogP contribution in [-0.2, 0) is 6.54 Å². The van der Waals surface area contributed by atoms with Gasteiger partial charge in [-0.3, -0.25) is 9.59 Å². The molecule has 3 rings (SSSR count). The van der Waals surface area contributed by atoms with Gasteiger partial charge in [-0.25, -0.2) is 0 Å². The normalized spacial score (nSPS) is 10.9. The summed E-state index contributed by atoms with van der Waals surface area (Å²) in [6.07, 6.45) is 0. The molecule has 0 aliphatic carbocycles. The predicted molar refractivity (Wildman–Crippen MR) is 100.0 cm³/mol. The van der Waals surface area contributed by atoms with Crippen LogP contribution in [0.3, 0.4) is 0 Å². The molecule has 0 aliphatic rings. The summed E-state index contributed by atoms with van der Waals surface area (Å²) in [6.45, 7) is -2.87. The van der Waals surface area contributed by atoms with Crippen LogP contribution in [-0.4, -0.2) is 36.6 Å². The van der Waals surface area contributed by atoms with E-state index in [0.717, 1.165) is 0 Å². The largest absolute Gasteiger partial charge is 0.493 e. The van der Waals surface area contributed by atoms with Gasteiger partial charge in [-0.05, 0) is 23.8 Å². The lowest BCUT2D eigenvalue weighted by Gasteiger charge is -2.19. The zero-order valence-electron chi connectivity index (χ0n) is 15.2. The number of para-hydroxylation sites is 1. The van der Waals surface area contributed by atoms with Gasteiger partial charge in [0.25, 0.3) is 5.91 Å². The summed E-state index contributed by atoms with van der Waals surface area (Å²) in [5, 5.41) is 0.621. The maximum absolute atomic E-state index is 12.9. The highest BCUT2D eigenvalue weighted by Gasteiger charge is 2.18. The van der Waals surface area contributed by atoms with Crippen LogP contribution in [0, 0.1) is 0 Å². The third-order valence-electron chi connectivity index (χ3n) is 4.19. The van der Waals surface area contributed by atoms with Crippen LogP contribution in [0.2, 0.25) is 0 Å². The Bertz CT molecular complexity index is 1070. The minimum absolute atomic E-state index is 0.113. The molecule has 1 aromatic heterocycles. The zero-order chi connectivity index (χ0) is 20.3. The molecule has 146 valence electrons. The van der Waals surface area contributed by atoms with Gasteiger partial charge in [-0.15, -0.1) is 0 Å². The van der Waals surface area contributed by atoms with Crippen molar-refractivity contribution in [3.8, 4) is 11.5 Å². The highest BCUT2D eigenvalue weighted by molar-refractivity contribution is 6.05. The Morgan fingerprint density at radius 1 is 1.14 bits per heavy atom. The predicted octanol–water partition coefficient (Wildman–Crippen LogP) is 3.41. The third-order valence-corrected chi connectivity index (χ3v) is 4.19. The van der Waals surface area contributed by atoms with Gasteiger partial charge in [-0.2, -0.15) is 8.78 Å². The van der Waals surface area contributed by atoms with E-state index in [-0.39, 0.29) is 35.1 Å². The smallest absolute Gasteiger partial charge is 0.387 e. The highest BCUT2D eigenvalue weighted by Crippen LogP contribution is 2.30. The summed E-state index contributed by atoms with van der Waals surface area (Å²) in [5.74, 6) is -0.314. The van der Waals surface area contributed by atoms with Crippen LogP contribution in [0.1, 0.15) is 15.9 Å². The van der Waals surface area contributed by atoms with E-state index >= 15 is 0 Å². The number of ether oxygens (including phenoxy) is 2. The molecular weight excluding hydrogens is 370 g/mol. The van der Waals surface area contributed by atoms with E-state index in [1.807, 2.05) is 0 Å². The molecule has 2 aromatic carbocycles. The van der Waals surface area contributed by atoms with Crippen molar-refractivity contribution in [2.75, 3.05) is 14.2 Å². The number of nitrogens with zero attached hydrogens (tertiary/aromatic N) is 1. The summed E-state index contributed by atoms with van der Waals surface area (Å²) >= 11 is 0. The Balaban J connectivity index is 1.88. The van der Waals surface area contributed by atoms with Crippen molar-refractivity contribution >= 4 is 16.8 Å². The number of benzene rings is 2. The lowest BCUT2D eigenvalue weighted by Crippen LogP contribution is -2.27. The molecular formula is C20H18F2N2O4. The third kappa shape index (κ3) is 4.11. The maximum Gasteiger partial charge on any atom is 0.387 e. The van der Waals surface area contributed by atoms with Crippen LogP contribution in [0.25, 0.3) is 10.9 Å². The molecule has 0 spiro atoms. The number of aromatic amines is 1. The van der Waals surface area contributed by atoms with Crippen LogP contribution < -0.4 is 15.0 Å². The van der Waals surface area contributed by atoms with Gasteiger partial charge >= 0.3 is 6.61 Å². The van der Waals surface area contributed by atoms with E-state index < -0.39 is 6.61 Å². The van der Waals surface area contributed by atoms with Crippen molar-refractivity contribution in [2.45, 2.75) is 13.2 Å². The Hall–Kier alpha value is -3.42. The second kappa shape index (κ2) is 8.08. The summed E-state index contributed by atoms with van der Waals surface area (Å²) in [5.41, 5.74) is 1.01. The number of H-pyrrole nitrogens is 1. The number of carbonyl (C=O) groups excluding carboxylic acids is 1. The van der Waals surface area contributed by atoms with E-state index in [1.165, 1.54) is 30.2 Å². The van der Waals surface area contributed by atoms with Gasteiger partial charge < -0.3 is 19.4 Å². The van der Waals surface area contributed by atoms with Gasteiger partial charge in [0, 0.05) is 30.6 Å². The summed E-state index contributed by atoms with van der Waals surface area (Å²) < 4.78 is 34.7. The molecule has 6 nitrogen and oxygen atoms in total. The van der Waals surface area contributed by atoms with E-state index in [0.29, 0.717) is 16.5 Å². The first-order chi connectivity index (χ1) is 13.4. The Labute approximate surface area is 159 Å². The molecule has 0 fully saturated rings. The van der Waals surface area contributed by atoms with E-state index in [1.54, 1.807) is 37.4 Å². The minimum atomic E-state index is -2.99. The van der Waals surface area contributed by atoms with Crippen molar-refractivity contribution in [3.05, 3.63) is 70.0 Å². The fourth-order valence-corrected chi connectivity index (χ4v) is 2.94. The Morgan fingerprint density at radius 3 is 2.61 bits per heavy atom. The molecule has 1 amide bonds. The van der Waals surface area contributed by atoms with Crippen molar-refractivity contribution in [2.24, 2.45) is 0 Å². The average molecular weight is 388 g/mol. The second-order valence-electron chi connectivity index (χ2n) is 6.12. The van der Waals surface area contributed by atoms with Crippen molar-refractivity contribution in [1.29, 1.82) is 0 Å². The topological polar surface area (TPSA) is 71.6 Å². The zero-order valence-corrected chi connectivity index (χ0v) is 15.2. The van der Waals surface area contributed by atoms with Crippen molar-refractivity contribution < 1.29 is 23.0 Å². The summed E-state index contributed by atoms with van der Waals surface area (Å²) in [4.78, 5) is 28.9. The number of methoxy groups -OCH3 is 1. The molecule has 8 heteroatoms. The van der Waals surface area contributed by atoms with Crippen LogP contribution in [0.4, 0.5) is 8.78 Å². The maximum atomic E-state index is 12.9. The summed E-state index contributed by atoms with van der Waals surface area (Å²) in [6, 6.07) is 12.8. The lowest BCUT2D eigenvalue weighted by molar-refractivity contribution is -0.0512. The number of aromatic nitrogens is 1. The number of fused-ring (bicyclic) bond motifs is 1. The van der Waals surface area contributed by atoms with E-state index in [2.05, 4.69) is 9.72 Å². The molecule has 0 bridgehead atoms. The SMILES string of the molecule is COc1ccc(CN(C)C(=O)c2cc(=O)[nH]c3ccccc23)cc1OC(F)F. The number of halogens is 2. The van der Waals surface area contributed by atoms with Crippen molar-refractivity contribution in [3.63, 3.8) is 0 Å². The quantitative estimate of drug-likeness (QED) is 0.703. The number of pyridine rings is 1. The molecule has 0 saturated heterocycles. The number of carbonyl (C=O) groups is 1. The second-order valence-corrected chi connectivity index (χ2v) is 6.12. The number of alkyl halides is 2. The molecule has 1 heterocycles. The monoisotopic (exact) mass is 388 g/mol. The first-order valence-corrected chi connectivity index (χ1v) is 8.38. The summed E-state index contributed by atoms with van der Waals surface area (Å²) in [7, 11) is 2.91. The van der Waals surface area contributed by atoms with Gasteiger partial charge in [0.1, 0.15) is 0 Å². The standard InChI is InChI=1S/C20H18F2N2O4/c1-24(11-12-7-8-16(27-2)17(9-12)28-20(21)22)19(26)14-10-18(25)23-15-6-4-3-5-13(14)15/h3-10,20H,11H2,1-2H3,(H,23,25). The van der Waals surface area contributed by atoms with Crippen molar-refractivity contribution in [1.82, 2.24) is 9.88 Å². The molecule has 0 aliphatic heterocycles. The number of nitrogens with one attached hydrogen (secondary N) is 1. The average Bonchev–Trinajstić information content (AvgIpc) is 2.66. The van der Waals surface area contributed by atoms with E-state index in [4.69, 9.17) is 4.74 Å². The fraction of sp³-hybridized carbons (Fsp3) is 0.200. The first kappa shape index (κ1) is 19.3. The lowest BCUT2D eigenvalue weighted by atomic mass is 10.1. The van der Waals surface area contributed by atoms with Crippen LogP contribution in [0.5, 0.6) is 11.5 Å². The number of hydrogen-bond acceptors (Lipinski definition) is 4. The number of amides is 1. The van der Waals surface area contributed by atoms with Gasteiger partial charge in [0.05, 0.1) is 12.7 Å². The first-order valence-electron chi connectivity index (χ1n) is 8.38. The van der Waals surface area contributed by atoms with Gasteiger partial charge in [0.15, 0.2) is 11.5 Å². The molecule has 0 unspecified atom stereocenters. The van der Waals surface area contributed by atoms with E-state index in [9.17, 15) is 18.4 Å². The Kier molecular flexibility index (Phi) is 5.58. The van der Waals surface area contributed by atoms with Crippen LogP contribution in [0.15, 0.2) is 53.3 Å².